The van der Waals surface area contributed by atoms with Gasteiger partial charge in [-0.3, -0.25) is 9.79 Å². The van der Waals surface area contributed by atoms with Crippen molar-refractivity contribution in [3.8, 4) is 0 Å². The first kappa shape index (κ1) is 15.7. The predicted octanol–water partition coefficient (Wildman–Crippen LogP) is 1.29. The topological polar surface area (TPSA) is 62.7 Å². The zero-order valence-electron chi connectivity index (χ0n) is 11.6. The van der Waals surface area contributed by atoms with Crippen molar-refractivity contribution in [1.29, 1.82) is 0 Å². The highest BCUT2D eigenvalue weighted by Crippen LogP contribution is 2.07. The first-order valence-corrected chi connectivity index (χ1v) is 6.13. The molecule has 0 saturated heterocycles. The van der Waals surface area contributed by atoms with Crippen LogP contribution in [0.4, 0.5) is 0 Å². The average Bonchev–Trinajstić information content (AvgIpc) is 2.15. The van der Waals surface area contributed by atoms with Gasteiger partial charge in [0.05, 0.1) is 13.0 Å². The highest BCUT2D eigenvalue weighted by Gasteiger charge is 2.15. The smallest absolute Gasteiger partial charge is 0.308 e. The van der Waals surface area contributed by atoms with Crippen LogP contribution < -0.4 is 10.6 Å². The summed E-state index contributed by atoms with van der Waals surface area (Å²) in [4.78, 5) is 15.7. The van der Waals surface area contributed by atoms with Crippen LogP contribution in [0.5, 0.6) is 0 Å². The van der Waals surface area contributed by atoms with E-state index in [1.807, 2.05) is 34.6 Å². The van der Waals surface area contributed by atoms with Gasteiger partial charge in [-0.15, -0.1) is 0 Å². The number of nitrogens with one attached hydrogen (secondary N) is 2. The van der Waals surface area contributed by atoms with Crippen molar-refractivity contribution in [2.75, 3.05) is 19.6 Å². The van der Waals surface area contributed by atoms with Crippen LogP contribution in [0.25, 0.3) is 0 Å². The quantitative estimate of drug-likeness (QED) is 0.434. The minimum Gasteiger partial charge on any atom is -0.460 e. The molecule has 0 fully saturated rings. The number of hydrogen-bond donors (Lipinski definition) is 2. The molecule has 100 valence electrons. The van der Waals surface area contributed by atoms with Crippen LogP contribution in [0.1, 0.15) is 41.0 Å². The Kier molecular flexibility index (Phi) is 7.34. The number of guanidine groups is 1. The molecule has 0 rings (SSSR count). The molecule has 0 unspecified atom stereocenters. The van der Waals surface area contributed by atoms with Crippen molar-refractivity contribution >= 4 is 11.9 Å². The average molecular weight is 243 g/mol. The van der Waals surface area contributed by atoms with E-state index >= 15 is 0 Å². The second-order valence-corrected chi connectivity index (χ2v) is 4.63. The lowest BCUT2D eigenvalue weighted by Gasteiger charge is -2.19. The zero-order chi connectivity index (χ0) is 13.3. The molecule has 5 heteroatoms. The Hall–Kier alpha value is -1.26. The summed E-state index contributed by atoms with van der Waals surface area (Å²) in [5, 5.41) is 6.18. The van der Waals surface area contributed by atoms with E-state index < -0.39 is 5.60 Å². The Morgan fingerprint density at radius 1 is 1.18 bits per heavy atom. The van der Waals surface area contributed by atoms with E-state index in [1.165, 1.54) is 0 Å². The summed E-state index contributed by atoms with van der Waals surface area (Å²) in [5.41, 5.74) is -0.424. The van der Waals surface area contributed by atoms with Crippen LogP contribution >= 0.6 is 0 Å². The second kappa shape index (κ2) is 7.92. The van der Waals surface area contributed by atoms with Gasteiger partial charge in [-0.1, -0.05) is 0 Å². The molecular formula is C12H25N3O2. The van der Waals surface area contributed by atoms with Gasteiger partial charge in [-0.25, -0.2) is 0 Å². The molecule has 0 aromatic rings. The van der Waals surface area contributed by atoms with E-state index in [0.717, 1.165) is 19.0 Å². The molecule has 0 heterocycles. The Balaban J connectivity index is 4.00. The fraction of sp³-hybridized carbons (Fsp3) is 0.833. The number of rotatable bonds is 5. The van der Waals surface area contributed by atoms with Gasteiger partial charge in [0.1, 0.15) is 5.60 Å². The fourth-order valence-corrected chi connectivity index (χ4v) is 1.16. The molecule has 0 bridgehead atoms. The summed E-state index contributed by atoms with van der Waals surface area (Å²) < 4.78 is 5.19. The number of ether oxygens (including phenoxy) is 1. The Bertz CT molecular complexity index is 249. The van der Waals surface area contributed by atoms with Crippen LogP contribution in [0.15, 0.2) is 4.99 Å². The Labute approximate surface area is 104 Å². The standard InChI is InChI=1S/C12H25N3O2/c1-6-13-11(14-7-2)15-9-8-10(16)17-12(3,4)5/h6-9H2,1-5H3,(H2,13,14,15). The number of carbonyl (C=O) groups excluding carboxylic acids is 1. The lowest BCUT2D eigenvalue weighted by atomic mass is 10.2. The lowest BCUT2D eigenvalue weighted by Crippen LogP contribution is -2.37. The number of aliphatic imine (C=N–C) groups is 1. The van der Waals surface area contributed by atoms with Gasteiger partial charge in [0, 0.05) is 13.1 Å². The summed E-state index contributed by atoms with van der Waals surface area (Å²) in [7, 11) is 0. The van der Waals surface area contributed by atoms with Crippen LogP contribution in [0.3, 0.4) is 0 Å². The van der Waals surface area contributed by atoms with Crippen molar-refractivity contribution in [2.45, 2.75) is 46.6 Å². The van der Waals surface area contributed by atoms with E-state index in [9.17, 15) is 4.79 Å². The SMILES string of the molecule is CCNC(=NCCC(=O)OC(C)(C)C)NCC. The summed E-state index contributed by atoms with van der Waals surface area (Å²) in [6, 6.07) is 0. The molecule has 0 amide bonds. The molecular weight excluding hydrogens is 218 g/mol. The van der Waals surface area contributed by atoms with Gasteiger partial charge in [-0.2, -0.15) is 0 Å². The third-order valence-corrected chi connectivity index (χ3v) is 1.69. The van der Waals surface area contributed by atoms with Gasteiger partial charge in [0.15, 0.2) is 5.96 Å². The molecule has 17 heavy (non-hydrogen) atoms. The van der Waals surface area contributed by atoms with Crippen molar-refractivity contribution in [3.05, 3.63) is 0 Å². The normalized spacial score (nSPS) is 10.6. The van der Waals surface area contributed by atoms with Crippen LogP contribution in [0, 0.1) is 0 Å². The molecule has 2 N–H and O–H groups in total. The summed E-state index contributed by atoms with van der Waals surface area (Å²) in [6.07, 6.45) is 0.303. The molecule has 0 aromatic heterocycles. The maximum Gasteiger partial charge on any atom is 0.308 e. The summed E-state index contributed by atoms with van der Waals surface area (Å²) in [6.45, 7) is 11.6. The van der Waals surface area contributed by atoms with Crippen molar-refractivity contribution in [3.63, 3.8) is 0 Å². The summed E-state index contributed by atoms with van der Waals surface area (Å²) in [5.74, 6) is 0.521. The van der Waals surface area contributed by atoms with Gasteiger partial charge < -0.3 is 15.4 Å². The van der Waals surface area contributed by atoms with E-state index in [1.54, 1.807) is 0 Å². The fourth-order valence-electron chi connectivity index (χ4n) is 1.16. The van der Waals surface area contributed by atoms with Crippen molar-refractivity contribution in [1.82, 2.24) is 10.6 Å². The van der Waals surface area contributed by atoms with Gasteiger partial charge >= 0.3 is 5.97 Å². The minimum absolute atomic E-state index is 0.214. The maximum absolute atomic E-state index is 11.4. The van der Waals surface area contributed by atoms with E-state index in [-0.39, 0.29) is 5.97 Å². The molecule has 0 aromatic carbocycles. The molecule has 0 saturated carbocycles. The first-order chi connectivity index (χ1) is 7.89. The van der Waals surface area contributed by atoms with Crippen LogP contribution in [-0.2, 0) is 9.53 Å². The van der Waals surface area contributed by atoms with Crippen LogP contribution in [-0.4, -0.2) is 37.2 Å². The second-order valence-electron chi connectivity index (χ2n) is 4.63. The highest BCUT2D eigenvalue weighted by atomic mass is 16.6. The monoisotopic (exact) mass is 243 g/mol. The predicted molar refractivity (Wildman–Crippen MR) is 70.1 cm³/mol. The molecule has 0 atom stereocenters. The Morgan fingerprint density at radius 3 is 2.12 bits per heavy atom. The van der Waals surface area contributed by atoms with Gasteiger partial charge in [0.2, 0.25) is 0 Å². The van der Waals surface area contributed by atoms with Crippen molar-refractivity contribution < 1.29 is 9.53 Å². The van der Waals surface area contributed by atoms with Crippen LogP contribution in [0.2, 0.25) is 0 Å². The highest BCUT2D eigenvalue weighted by molar-refractivity contribution is 5.80. The van der Waals surface area contributed by atoms with E-state index in [4.69, 9.17) is 4.74 Å². The number of carbonyl (C=O) groups is 1. The maximum atomic E-state index is 11.4. The summed E-state index contributed by atoms with van der Waals surface area (Å²) >= 11 is 0. The molecule has 0 radical (unpaired) electrons. The largest absolute Gasteiger partial charge is 0.460 e. The third-order valence-electron chi connectivity index (χ3n) is 1.69. The molecule has 0 aliphatic heterocycles. The molecule has 0 spiro atoms. The minimum atomic E-state index is -0.424. The van der Waals surface area contributed by atoms with E-state index in [2.05, 4.69) is 15.6 Å². The lowest BCUT2D eigenvalue weighted by molar-refractivity contribution is -0.154. The Morgan fingerprint density at radius 2 is 1.71 bits per heavy atom. The first-order valence-electron chi connectivity index (χ1n) is 6.13. The van der Waals surface area contributed by atoms with Gasteiger partial charge in [0.25, 0.3) is 0 Å². The number of hydrogen-bond acceptors (Lipinski definition) is 3. The van der Waals surface area contributed by atoms with Gasteiger partial charge in [-0.05, 0) is 34.6 Å². The zero-order valence-corrected chi connectivity index (χ0v) is 11.6. The molecule has 5 nitrogen and oxygen atoms in total. The third kappa shape index (κ3) is 9.66. The number of esters is 1. The number of nitrogens with zero attached hydrogens (tertiary/aromatic N) is 1. The molecule has 0 aliphatic carbocycles. The molecule has 0 aliphatic rings. The van der Waals surface area contributed by atoms with E-state index in [0.29, 0.717) is 13.0 Å². The van der Waals surface area contributed by atoms with Crippen molar-refractivity contribution in [2.24, 2.45) is 4.99 Å².